The molecule has 0 bridgehead atoms. The Kier molecular flexibility index (Phi) is 7.46. The number of benzene rings is 1. The maximum atomic E-state index is 13.8. The second kappa shape index (κ2) is 10.3. The molecule has 12 heteroatoms. The Morgan fingerprint density at radius 3 is 2.49 bits per heavy atom. The number of Topliss-reactive ketones (excluding diaryl/α,β-unsaturated/α-hetero) is 2. The van der Waals surface area contributed by atoms with Gasteiger partial charge in [0.2, 0.25) is 11.7 Å². The number of aliphatic hydroxyl groups excluding tert-OH is 2. The number of aromatic hydroxyl groups is 1. The quantitative estimate of drug-likeness (QED) is 0.141. The molecule has 0 radical (unpaired) electrons. The zero-order valence-corrected chi connectivity index (χ0v) is 22.1. The summed E-state index contributed by atoms with van der Waals surface area (Å²) in [5.74, 6) is -7.42. The summed E-state index contributed by atoms with van der Waals surface area (Å²) in [6.45, 7) is 2.66. The first-order valence-corrected chi connectivity index (χ1v) is 12.9. The molecular weight excluding hydrogens is 508 g/mol. The summed E-state index contributed by atoms with van der Waals surface area (Å²) < 4.78 is 0. The van der Waals surface area contributed by atoms with E-state index < -0.39 is 63.7 Å². The van der Waals surface area contributed by atoms with Crippen LogP contribution in [-0.2, 0) is 20.8 Å². The molecule has 0 heterocycles. The van der Waals surface area contributed by atoms with Gasteiger partial charge in [0.05, 0.1) is 17.8 Å². The molecule has 210 valence electrons. The van der Waals surface area contributed by atoms with E-state index in [1.807, 2.05) is 6.92 Å². The molecule has 39 heavy (non-hydrogen) atoms. The van der Waals surface area contributed by atoms with Crippen LogP contribution in [0.4, 0.5) is 11.4 Å². The first kappa shape index (κ1) is 28.1. The van der Waals surface area contributed by atoms with E-state index >= 15 is 0 Å². The van der Waals surface area contributed by atoms with Crippen LogP contribution >= 0.6 is 0 Å². The highest BCUT2D eigenvalue weighted by Gasteiger charge is 2.59. The Morgan fingerprint density at radius 2 is 1.87 bits per heavy atom. The SMILES string of the molecule is CCCCNCC(=O)Nc1cc(N(C)C)c2c(c1O)C(=O)C1=C(O)[C@]3(O)C(=O)C(C(N)=O)=C(O)C[C@@H]3C[C@@H]1C2. The van der Waals surface area contributed by atoms with E-state index in [2.05, 4.69) is 10.6 Å². The van der Waals surface area contributed by atoms with E-state index in [4.69, 9.17) is 5.73 Å². The lowest BCUT2D eigenvalue weighted by Gasteiger charge is -2.45. The van der Waals surface area contributed by atoms with Crippen LogP contribution in [0.1, 0.15) is 48.5 Å². The van der Waals surface area contributed by atoms with Gasteiger partial charge in [-0.2, -0.15) is 0 Å². The molecule has 1 aromatic rings. The van der Waals surface area contributed by atoms with E-state index in [0.717, 1.165) is 12.8 Å². The smallest absolute Gasteiger partial charge is 0.255 e. The lowest BCUT2D eigenvalue weighted by molar-refractivity contribution is -0.144. The number of hydrogen-bond acceptors (Lipinski definition) is 10. The van der Waals surface area contributed by atoms with Gasteiger partial charge in [0.1, 0.15) is 17.1 Å². The fourth-order valence-corrected chi connectivity index (χ4v) is 5.86. The fraction of sp³-hybridized carbons (Fsp3) is 0.481. The van der Waals surface area contributed by atoms with Crippen LogP contribution in [0.3, 0.4) is 0 Å². The van der Waals surface area contributed by atoms with Gasteiger partial charge in [-0.25, -0.2) is 0 Å². The van der Waals surface area contributed by atoms with Crippen molar-refractivity contribution in [2.45, 2.75) is 44.6 Å². The Hall–Kier alpha value is -3.90. The van der Waals surface area contributed by atoms with E-state index in [0.29, 0.717) is 17.8 Å². The zero-order valence-electron chi connectivity index (χ0n) is 22.1. The number of amides is 2. The van der Waals surface area contributed by atoms with Crippen LogP contribution in [0.15, 0.2) is 28.7 Å². The standard InChI is InChI=1S/C27H34N4O8/c1-4-5-6-29-11-18(33)30-15-10-16(31(2)3)14-8-12-7-13-9-17(32)21(26(28)38)25(37)27(13,39)24(36)19(12)23(35)20(14)22(15)34/h10,12-13,29,32,34,36,39H,4-9,11H2,1-3H3,(H2,28,38)(H,30,33)/t12-,13+,27+/m1/s1. The molecule has 8 N–H and O–H groups in total. The monoisotopic (exact) mass is 542 g/mol. The summed E-state index contributed by atoms with van der Waals surface area (Å²) in [5.41, 5.74) is 2.39. The number of rotatable bonds is 8. The minimum absolute atomic E-state index is 0.00311. The molecule has 4 rings (SSSR count). The molecule has 3 aliphatic rings. The highest BCUT2D eigenvalue weighted by atomic mass is 16.3. The number of ketones is 2. The van der Waals surface area contributed by atoms with Crippen molar-refractivity contribution in [3.05, 3.63) is 39.9 Å². The van der Waals surface area contributed by atoms with Crippen LogP contribution in [0.25, 0.3) is 0 Å². The normalized spacial score (nSPS) is 24.2. The van der Waals surface area contributed by atoms with Gasteiger partial charge in [-0.3, -0.25) is 19.2 Å². The number of phenols is 1. The third kappa shape index (κ3) is 4.53. The number of nitrogens with zero attached hydrogens (tertiary/aromatic N) is 1. The second-order valence-corrected chi connectivity index (χ2v) is 10.5. The number of nitrogens with two attached hydrogens (primary N) is 1. The lowest BCUT2D eigenvalue weighted by Crippen LogP contribution is -2.57. The van der Waals surface area contributed by atoms with Gasteiger partial charge >= 0.3 is 0 Å². The second-order valence-electron chi connectivity index (χ2n) is 10.5. The molecule has 1 aromatic carbocycles. The van der Waals surface area contributed by atoms with Crippen molar-refractivity contribution in [3.63, 3.8) is 0 Å². The van der Waals surface area contributed by atoms with Crippen LogP contribution in [-0.4, -0.2) is 76.6 Å². The highest BCUT2D eigenvalue weighted by molar-refractivity contribution is 6.24. The predicted octanol–water partition coefficient (Wildman–Crippen LogP) is 0.975. The van der Waals surface area contributed by atoms with Crippen molar-refractivity contribution >= 4 is 34.8 Å². The average molecular weight is 543 g/mol. The summed E-state index contributed by atoms with van der Waals surface area (Å²) in [5, 5.41) is 49.6. The number of unbranched alkanes of at least 4 members (excludes halogenated alkanes) is 1. The summed E-state index contributed by atoms with van der Waals surface area (Å²) in [6.07, 6.45) is 1.77. The number of aliphatic hydroxyl groups is 3. The summed E-state index contributed by atoms with van der Waals surface area (Å²) in [4.78, 5) is 53.0. The fourth-order valence-electron chi connectivity index (χ4n) is 5.86. The molecule has 0 spiro atoms. The van der Waals surface area contributed by atoms with Gasteiger partial charge in [-0.05, 0) is 43.4 Å². The lowest BCUT2D eigenvalue weighted by atomic mass is 9.60. The van der Waals surface area contributed by atoms with E-state index in [-0.39, 0.29) is 42.6 Å². The third-order valence-corrected chi connectivity index (χ3v) is 7.79. The van der Waals surface area contributed by atoms with Crippen molar-refractivity contribution in [1.82, 2.24) is 5.32 Å². The molecule has 0 saturated heterocycles. The topological polar surface area (TPSA) is 203 Å². The highest BCUT2D eigenvalue weighted by Crippen LogP contribution is 2.53. The van der Waals surface area contributed by atoms with Gasteiger partial charge in [0, 0.05) is 37.7 Å². The number of fused-ring (bicyclic) bond motifs is 3. The first-order chi connectivity index (χ1) is 18.3. The number of primary amides is 1. The molecule has 2 amide bonds. The van der Waals surface area contributed by atoms with Gasteiger partial charge in [-0.1, -0.05) is 13.3 Å². The van der Waals surface area contributed by atoms with E-state index in [1.165, 1.54) is 0 Å². The van der Waals surface area contributed by atoms with Gasteiger partial charge in [-0.15, -0.1) is 0 Å². The predicted molar refractivity (Wildman–Crippen MR) is 142 cm³/mol. The van der Waals surface area contributed by atoms with Crippen LogP contribution in [0, 0.1) is 11.8 Å². The molecule has 0 saturated carbocycles. The summed E-state index contributed by atoms with van der Waals surface area (Å²) in [6, 6.07) is 1.57. The van der Waals surface area contributed by atoms with E-state index in [1.54, 1.807) is 25.1 Å². The number of carbonyl (C=O) groups is 4. The van der Waals surface area contributed by atoms with Crippen molar-refractivity contribution in [1.29, 1.82) is 0 Å². The average Bonchev–Trinajstić information content (AvgIpc) is 2.85. The number of allylic oxidation sites excluding steroid dienone is 2. The largest absolute Gasteiger partial charge is 0.511 e. The number of hydrogen-bond donors (Lipinski definition) is 7. The van der Waals surface area contributed by atoms with Crippen molar-refractivity contribution in [2.24, 2.45) is 17.6 Å². The maximum absolute atomic E-state index is 13.8. The minimum atomic E-state index is -2.63. The Morgan fingerprint density at radius 1 is 1.18 bits per heavy atom. The van der Waals surface area contributed by atoms with Gasteiger partial charge in [0.25, 0.3) is 5.91 Å². The zero-order chi connectivity index (χ0) is 28.8. The molecule has 3 atom stereocenters. The Labute approximate surface area is 225 Å². The molecule has 3 aliphatic carbocycles. The summed E-state index contributed by atoms with van der Waals surface area (Å²) >= 11 is 0. The van der Waals surface area contributed by atoms with Gasteiger partial charge in [0.15, 0.2) is 17.1 Å². The van der Waals surface area contributed by atoms with Crippen LogP contribution in [0.5, 0.6) is 5.75 Å². The number of anilines is 2. The molecule has 0 aliphatic heterocycles. The molecule has 0 fully saturated rings. The number of phenolic OH excluding ortho intramolecular Hbond substituents is 1. The number of carbonyl (C=O) groups excluding carboxylic acids is 4. The first-order valence-electron chi connectivity index (χ1n) is 12.9. The molecular formula is C27H34N4O8. The van der Waals surface area contributed by atoms with E-state index in [9.17, 15) is 39.6 Å². The number of nitrogens with one attached hydrogen (secondary N) is 2. The van der Waals surface area contributed by atoms with Crippen molar-refractivity contribution in [2.75, 3.05) is 37.4 Å². The van der Waals surface area contributed by atoms with Crippen LogP contribution < -0.4 is 21.3 Å². The molecule has 12 nitrogen and oxygen atoms in total. The molecule has 0 unspecified atom stereocenters. The van der Waals surface area contributed by atoms with Gasteiger partial charge < -0.3 is 41.7 Å². The minimum Gasteiger partial charge on any atom is -0.511 e. The van der Waals surface area contributed by atoms with Crippen LogP contribution in [0.2, 0.25) is 0 Å². The maximum Gasteiger partial charge on any atom is 0.255 e. The Balaban J connectivity index is 1.79. The van der Waals surface area contributed by atoms with Crippen molar-refractivity contribution in [3.8, 4) is 5.75 Å². The third-order valence-electron chi connectivity index (χ3n) is 7.79. The van der Waals surface area contributed by atoms with Crippen molar-refractivity contribution < 1.29 is 39.6 Å². The summed E-state index contributed by atoms with van der Waals surface area (Å²) in [7, 11) is 3.48. The Bertz CT molecular complexity index is 1330. The molecule has 0 aromatic heterocycles.